The molecule has 6 heteroatoms. The summed E-state index contributed by atoms with van der Waals surface area (Å²) in [5, 5.41) is 2.51. The van der Waals surface area contributed by atoms with Gasteiger partial charge in [-0.1, -0.05) is 0 Å². The molecule has 0 fully saturated rings. The van der Waals surface area contributed by atoms with E-state index in [4.69, 9.17) is 16.2 Å². The molecule has 0 aliphatic rings. The molecule has 0 aliphatic carbocycles. The summed E-state index contributed by atoms with van der Waals surface area (Å²) < 4.78 is 5.02. The van der Waals surface area contributed by atoms with Crippen LogP contribution >= 0.6 is 0 Å². The van der Waals surface area contributed by atoms with E-state index in [-0.39, 0.29) is 18.0 Å². The Morgan fingerprint density at radius 3 is 2.62 bits per heavy atom. The van der Waals surface area contributed by atoms with E-state index in [1.165, 1.54) is 19.2 Å². The van der Waals surface area contributed by atoms with Crippen LogP contribution in [0.2, 0.25) is 0 Å². The molecule has 1 aromatic carbocycles. The first-order valence-electron chi connectivity index (χ1n) is 4.56. The Morgan fingerprint density at radius 2 is 2.12 bits per heavy atom. The molecule has 0 radical (unpaired) electrons. The van der Waals surface area contributed by atoms with Crippen LogP contribution in [-0.4, -0.2) is 25.5 Å². The maximum Gasteiger partial charge on any atom is 0.248 e. The zero-order valence-electron chi connectivity index (χ0n) is 8.82. The van der Waals surface area contributed by atoms with E-state index in [2.05, 4.69) is 5.32 Å². The molecule has 0 saturated carbocycles. The Hall–Kier alpha value is -2.08. The summed E-state index contributed by atoms with van der Waals surface area (Å²) in [5.74, 6) is -0.516. The van der Waals surface area contributed by atoms with Gasteiger partial charge in [0.1, 0.15) is 5.75 Å². The molecule has 0 saturated heterocycles. The van der Waals surface area contributed by atoms with Crippen molar-refractivity contribution in [3.8, 4) is 5.75 Å². The molecule has 2 amide bonds. The lowest BCUT2D eigenvalue weighted by molar-refractivity contribution is -0.114. The van der Waals surface area contributed by atoms with Crippen molar-refractivity contribution in [1.29, 1.82) is 0 Å². The van der Waals surface area contributed by atoms with E-state index < -0.39 is 5.91 Å². The van der Waals surface area contributed by atoms with Crippen molar-refractivity contribution in [2.45, 2.75) is 0 Å². The molecule has 86 valence electrons. The first kappa shape index (κ1) is 12.0. The summed E-state index contributed by atoms with van der Waals surface area (Å²) in [6, 6.07) is 4.50. The van der Waals surface area contributed by atoms with Crippen molar-refractivity contribution < 1.29 is 14.3 Å². The SMILES string of the molecule is COc1ccc(C(N)=O)cc1NC(=O)CN. The van der Waals surface area contributed by atoms with Gasteiger partial charge in [-0.05, 0) is 18.2 Å². The molecule has 0 atom stereocenters. The quantitative estimate of drug-likeness (QED) is 0.650. The highest BCUT2D eigenvalue weighted by Gasteiger charge is 2.09. The number of carbonyl (C=O) groups excluding carboxylic acids is 2. The molecule has 0 aliphatic heterocycles. The molecule has 5 N–H and O–H groups in total. The number of carbonyl (C=O) groups is 2. The second kappa shape index (κ2) is 5.13. The van der Waals surface area contributed by atoms with Crippen molar-refractivity contribution in [3.05, 3.63) is 23.8 Å². The van der Waals surface area contributed by atoms with Gasteiger partial charge in [-0.2, -0.15) is 0 Å². The molecule has 0 unspecified atom stereocenters. The molecule has 1 rings (SSSR count). The Kier molecular flexibility index (Phi) is 3.84. The topological polar surface area (TPSA) is 107 Å². The minimum absolute atomic E-state index is 0.149. The zero-order valence-corrected chi connectivity index (χ0v) is 8.82. The third kappa shape index (κ3) is 2.71. The van der Waals surface area contributed by atoms with Crippen LogP contribution in [0.4, 0.5) is 5.69 Å². The molecule has 0 bridgehead atoms. The van der Waals surface area contributed by atoms with Crippen LogP contribution in [0, 0.1) is 0 Å². The molecule has 0 aromatic heterocycles. The number of hydrogen-bond donors (Lipinski definition) is 3. The van der Waals surface area contributed by atoms with Gasteiger partial charge in [0, 0.05) is 5.56 Å². The van der Waals surface area contributed by atoms with Crippen LogP contribution in [0.15, 0.2) is 18.2 Å². The summed E-state index contributed by atoms with van der Waals surface area (Å²) in [6.45, 7) is -0.149. The highest BCUT2D eigenvalue weighted by molar-refractivity contribution is 5.98. The predicted molar refractivity (Wildman–Crippen MR) is 59.2 cm³/mol. The van der Waals surface area contributed by atoms with Gasteiger partial charge >= 0.3 is 0 Å². The fourth-order valence-corrected chi connectivity index (χ4v) is 1.16. The smallest absolute Gasteiger partial charge is 0.248 e. The summed E-state index contributed by atoms with van der Waals surface area (Å²) in [7, 11) is 1.46. The van der Waals surface area contributed by atoms with Gasteiger partial charge in [-0.15, -0.1) is 0 Å². The summed E-state index contributed by atoms with van der Waals surface area (Å²) in [4.78, 5) is 22.1. The van der Waals surface area contributed by atoms with E-state index >= 15 is 0 Å². The molecule has 6 nitrogen and oxygen atoms in total. The van der Waals surface area contributed by atoms with Crippen molar-refractivity contribution in [1.82, 2.24) is 0 Å². The highest BCUT2D eigenvalue weighted by Crippen LogP contribution is 2.25. The van der Waals surface area contributed by atoms with Crippen LogP contribution in [0.25, 0.3) is 0 Å². The number of amides is 2. The van der Waals surface area contributed by atoms with Gasteiger partial charge < -0.3 is 21.5 Å². The van der Waals surface area contributed by atoms with Crippen LogP contribution < -0.4 is 21.5 Å². The van der Waals surface area contributed by atoms with Gasteiger partial charge in [0.05, 0.1) is 19.3 Å². The third-order valence-electron chi connectivity index (χ3n) is 1.94. The number of methoxy groups -OCH3 is 1. The number of benzene rings is 1. The first-order valence-corrected chi connectivity index (χ1v) is 4.56. The second-order valence-electron chi connectivity index (χ2n) is 3.03. The number of anilines is 1. The number of primary amides is 1. The van der Waals surface area contributed by atoms with Crippen LogP contribution in [-0.2, 0) is 4.79 Å². The van der Waals surface area contributed by atoms with Crippen molar-refractivity contribution in [2.24, 2.45) is 11.5 Å². The summed E-state index contributed by atoms with van der Waals surface area (Å²) >= 11 is 0. The molecule has 1 aromatic rings. The van der Waals surface area contributed by atoms with Gasteiger partial charge in [-0.3, -0.25) is 9.59 Å². The van der Waals surface area contributed by atoms with E-state index in [0.717, 1.165) is 0 Å². The maximum atomic E-state index is 11.1. The van der Waals surface area contributed by atoms with Gasteiger partial charge in [0.25, 0.3) is 0 Å². The lowest BCUT2D eigenvalue weighted by Gasteiger charge is -2.10. The standard InChI is InChI=1S/C10H13N3O3/c1-16-8-3-2-6(10(12)15)4-7(8)13-9(14)5-11/h2-4H,5,11H2,1H3,(H2,12,15)(H,13,14). The Balaban J connectivity index is 3.06. The second-order valence-corrected chi connectivity index (χ2v) is 3.03. The molecular weight excluding hydrogens is 210 g/mol. The normalized spacial score (nSPS) is 9.62. The number of nitrogens with one attached hydrogen (secondary N) is 1. The van der Waals surface area contributed by atoms with E-state index in [1.807, 2.05) is 0 Å². The predicted octanol–water partition coefficient (Wildman–Crippen LogP) is -0.309. The lowest BCUT2D eigenvalue weighted by atomic mass is 10.1. The van der Waals surface area contributed by atoms with Crippen molar-refractivity contribution >= 4 is 17.5 Å². The average molecular weight is 223 g/mol. The maximum absolute atomic E-state index is 11.1. The molecule has 16 heavy (non-hydrogen) atoms. The van der Waals surface area contributed by atoms with Crippen LogP contribution in [0.3, 0.4) is 0 Å². The van der Waals surface area contributed by atoms with Gasteiger partial charge in [-0.25, -0.2) is 0 Å². The van der Waals surface area contributed by atoms with Crippen LogP contribution in [0.5, 0.6) is 5.75 Å². The molecular formula is C10H13N3O3. The third-order valence-corrected chi connectivity index (χ3v) is 1.94. The fourth-order valence-electron chi connectivity index (χ4n) is 1.16. The van der Waals surface area contributed by atoms with E-state index in [9.17, 15) is 9.59 Å². The Bertz CT molecular complexity index is 418. The van der Waals surface area contributed by atoms with E-state index in [0.29, 0.717) is 11.4 Å². The Labute approximate surface area is 92.6 Å². The lowest BCUT2D eigenvalue weighted by Crippen LogP contribution is -2.22. The average Bonchev–Trinajstić information content (AvgIpc) is 2.28. The molecule has 0 spiro atoms. The highest BCUT2D eigenvalue weighted by atomic mass is 16.5. The zero-order chi connectivity index (χ0) is 12.1. The number of ether oxygens (including phenoxy) is 1. The minimum Gasteiger partial charge on any atom is -0.495 e. The number of hydrogen-bond acceptors (Lipinski definition) is 4. The Morgan fingerprint density at radius 1 is 1.44 bits per heavy atom. The van der Waals surface area contributed by atoms with Crippen molar-refractivity contribution in [3.63, 3.8) is 0 Å². The van der Waals surface area contributed by atoms with E-state index in [1.54, 1.807) is 6.07 Å². The van der Waals surface area contributed by atoms with Gasteiger partial charge in [0.2, 0.25) is 11.8 Å². The fraction of sp³-hybridized carbons (Fsp3) is 0.200. The summed E-state index contributed by atoms with van der Waals surface area (Å²) in [5.41, 5.74) is 10.9. The van der Waals surface area contributed by atoms with Crippen LogP contribution in [0.1, 0.15) is 10.4 Å². The van der Waals surface area contributed by atoms with Gasteiger partial charge in [0.15, 0.2) is 0 Å². The monoisotopic (exact) mass is 223 g/mol. The van der Waals surface area contributed by atoms with Crippen molar-refractivity contribution in [2.75, 3.05) is 19.0 Å². The molecule has 0 heterocycles. The largest absolute Gasteiger partial charge is 0.495 e. The number of rotatable bonds is 4. The summed E-state index contributed by atoms with van der Waals surface area (Å²) in [6.07, 6.45) is 0. The number of nitrogens with two attached hydrogens (primary N) is 2. The minimum atomic E-state index is -0.578. The first-order chi connectivity index (χ1) is 7.58.